The average Bonchev–Trinajstić information content (AvgIpc) is 3.19. The zero-order valence-electron chi connectivity index (χ0n) is 21.8. The van der Waals surface area contributed by atoms with Gasteiger partial charge in [-0.05, 0) is 36.6 Å². The lowest BCUT2D eigenvalue weighted by Gasteiger charge is -2.34. The fourth-order valence-corrected chi connectivity index (χ4v) is 4.60. The van der Waals surface area contributed by atoms with E-state index in [0.717, 1.165) is 68.4 Å². The van der Waals surface area contributed by atoms with Crippen LogP contribution in [0, 0.1) is 13.8 Å². The van der Waals surface area contributed by atoms with Crippen molar-refractivity contribution >= 4 is 23.1 Å². The summed E-state index contributed by atoms with van der Waals surface area (Å²) in [5, 5.41) is 0. The third-order valence-electron chi connectivity index (χ3n) is 6.73. The first-order valence-corrected chi connectivity index (χ1v) is 12.6. The SMILES string of the molecule is CCc1nc2c(C)cc(C)nc2n1Cc1ccc(/C=C/CN2CCN(CC(=O)N(C)C)CC2)cc1. The highest BCUT2D eigenvalue weighted by Gasteiger charge is 2.18. The van der Waals surface area contributed by atoms with Crippen LogP contribution in [0.2, 0.25) is 0 Å². The number of aromatic nitrogens is 3. The smallest absolute Gasteiger partial charge is 0.236 e. The Hall–Kier alpha value is -3.03. The van der Waals surface area contributed by atoms with Crippen molar-refractivity contribution in [3.05, 3.63) is 64.6 Å². The van der Waals surface area contributed by atoms with E-state index in [1.807, 2.05) is 21.0 Å². The van der Waals surface area contributed by atoms with Crippen LogP contribution >= 0.6 is 0 Å². The standard InChI is InChI=1S/C28H38N6O/c1-6-25-30-27-21(2)18-22(3)29-28(27)34(25)19-24-11-9-23(10-12-24)8-7-13-32-14-16-33(17-15-32)20-26(35)31(4)5/h7-12,18H,6,13-17,19-20H2,1-5H3/b8-7+. The molecule has 0 aliphatic carbocycles. The number of likely N-dealkylation sites (N-methyl/N-ethyl adjacent to an activating group) is 1. The van der Waals surface area contributed by atoms with Crippen LogP contribution in [0.1, 0.15) is 35.1 Å². The topological polar surface area (TPSA) is 57.5 Å². The number of fused-ring (bicyclic) bond motifs is 1. The fourth-order valence-electron chi connectivity index (χ4n) is 4.60. The van der Waals surface area contributed by atoms with Crippen LogP contribution in [0.4, 0.5) is 0 Å². The predicted molar refractivity (Wildman–Crippen MR) is 143 cm³/mol. The number of aryl methyl sites for hydroxylation is 3. The van der Waals surface area contributed by atoms with E-state index in [9.17, 15) is 4.79 Å². The van der Waals surface area contributed by atoms with Gasteiger partial charge in [0.15, 0.2) is 5.65 Å². The molecule has 1 fully saturated rings. The largest absolute Gasteiger partial charge is 0.348 e. The summed E-state index contributed by atoms with van der Waals surface area (Å²) < 4.78 is 2.26. The van der Waals surface area contributed by atoms with Gasteiger partial charge in [-0.3, -0.25) is 14.6 Å². The summed E-state index contributed by atoms with van der Waals surface area (Å²) in [6.07, 6.45) is 5.32. The number of imidazole rings is 1. The van der Waals surface area contributed by atoms with E-state index in [2.05, 4.69) is 70.7 Å². The van der Waals surface area contributed by atoms with Gasteiger partial charge in [-0.25, -0.2) is 9.97 Å². The van der Waals surface area contributed by atoms with Gasteiger partial charge in [-0.2, -0.15) is 0 Å². The molecule has 0 spiro atoms. The Balaban J connectivity index is 1.33. The number of hydrogen-bond acceptors (Lipinski definition) is 5. The van der Waals surface area contributed by atoms with Crippen LogP contribution in [0.15, 0.2) is 36.4 Å². The molecule has 3 heterocycles. The van der Waals surface area contributed by atoms with Crippen LogP contribution in [-0.2, 0) is 17.8 Å². The first kappa shape index (κ1) is 25.1. The second kappa shape index (κ2) is 11.1. The Kier molecular flexibility index (Phi) is 7.98. The van der Waals surface area contributed by atoms with E-state index in [4.69, 9.17) is 9.97 Å². The number of piperazine rings is 1. The van der Waals surface area contributed by atoms with Crippen LogP contribution in [0.3, 0.4) is 0 Å². The van der Waals surface area contributed by atoms with Crippen molar-refractivity contribution in [2.45, 2.75) is 33.7 Å². The monoisotopic (exact) mass is 474 g/mol. The minimum absolute atomic E-state index is 0.176. The van der Waals surface area contributed by atoms with Crippen molar-refractivity contribution in [2.24, 2.45) is 0 Å². The maximum atomic E-state index is 11.9. The first-order valence-electron chi connectivity index (χ1n) is 12.6. The summed E-state index contributed by atoms with van der Waals surface area (Å²) in [5.41, 5.74) is 6.67. The molecule has 7 nitrogen and oxygen atoms in total. The molecule has 1 amide bonds. The van der Waals surface area contributed by atoms with Crippen LogP contribution < -0.4 is 0 Å². The molecule has 0 N–H and O–H groups in total. The maximum Gasteiger partial charge on any atom is 0.236 e. The normalized spacial score (nSPS) is 15.3. The zero-order valence-corrected chi connectivity index (χ0v) is 21.8. The number of rotatable bonds is 8. The Morgan fingerprint density at radius 1 is 1.03 bits per heavy atom. The van der Waals surface area contributed by atoms with E-state index < -0.39 is 0 Å². The summed E-state index contributed by atoms with van der Waals surface area (Å²) >= 11 is 0. The molecule has 0 atom stereocenters. The van der Waals surface area contributed by atoms with Crippen molar-refractivity contribution in [1.82, 2.24) is 29.2 Å². The summed E-state index contributed by atoms with van der Waals surface area (Å²) in [6, 6.07) is 10.9. The Morgan fingerprint density at radius 2 is 1.71 bits per heavy atom. The fraction of sp³-hybridized carbons (Fsp3) is 0.464. The molecule has 0 unspecified atom stereocenters. The summed E-state index contributed by atoms with van der Waals surface area (Å²) in [6.45, 7) is 12.4. The number of pyridine rings is 1. The molecule has 186 valence electrons. The Morgan fingerprint density at radius 3 is 2.37 bits per heavy atom. The van der Waals surface area contributed by atoms with Crippen molar-refractivity contribution in [3.8, 4) is 0 Å². The minimum Gasteiger partial charge on any atom is -0.348 e. The van der Waals surface area contributed by atoms with E-state index >= 15 is 0 Å². The highest BCUT2D eigenvalue weighted by molar-refractivity contribution is 5.77. The molecule has 1 aliphatic heterocycles. The molecule has 35 heavy (non-hydrogen) atoms. The second-order valence-corrected chi connectivity index (χ2v) is 9.73. The van der Waals surface area contributed by atoms with E-state index in [-0.39, 0.29) is 5.91 Å². The lowest BCUT2D eigenvalue weighted by molar-refractivity contribution is -0.130. The average molecular weight is 475 g/mol. The molecule has 7 heteroatoms. The molecule has 1 aromatic carbocycles. The molecule has 4 rings (SSSR count). The van der Waals surface area contributed by atoms with Crippen LogP contribution in [0.25, 0.3) is 17.2 Å². The van der Waals surface area contributed by atoms with Gasteiger partial charge >= 0.3 is 0 Å². The molecule has 0 saturated carbocycles. The van der Waals surface area contributed by atoms with Gasteiger partial charge in [0.05, 0.1) is 13.1 Å². The van der Waals surface area contributed by atoms with Gasteiger partial charge < -0.3 is 9.47 Å². The van der Waals surface area contributed by atoms with Gasteiger partial charge in [-0.1, -0.05) is 43.3 Å². The van der Waals surface area contributed by atoms with Crippen molar-refractivity contribution in [2.75, 3.05) is 53.4 Å². The lowest BCUT2D eigenvalue weighted by atomic mass is 10.1. The number of carbonyl (C=O) groups is 1. The summed E-state index contributed by atoms with van der Waals surface area (Å²) in [4.78, 5) is 27.9. The number of benzene rings is 1. The lowest BCUT2D eigenvalue weighted by Crippen LogP contribution is -2.49. The van der Waals surface area contributed by atoms with Gasteiger partial charge in [0.25, 0.3) is 0 Å². The van der Waals surface area contributed by atoms with Crippen LogP contribution in [-0.4, -0.2) is 88.5 Å². The highest BCUT2D eigenvalue weighted by atomic mass is 16.2. The molecule has 0 radical (unpaired) electrons. The highest BCUT2D eigenvalue weighted by Crippen LogP contribution is 2.21. The molecule has 2 aromatic heterocycles. The van der Waals surface area contributed by atoms with Gasteiger partial charge in [0.1, 0.15) is 11.3 Å². The van der Waals surface area contributed by atoms with E-state index in [0.29, 0.717) is 6.54 Å². The molecule has 1 saturated heterocycles. The molecule has 1 aliphatic rings. The van der Waals surface area contributed by atoms with E-state index in [1.165, 1.54) is 16.7 Å². The Labute approximate surface area is 209 Å². The predicted octanol–water partition coefficient (Wildman–Crippen LogP) is 3.38. The number of hydrogen-bond donors (Lipinski definition) is 0. The quantitative estimate of drug-likeness (QED) is 0.501. The first-order chi connectivity index (χ1) is 16.8. The maximum absolute atomic E-state index is 11.9. The van der Waals surface area contributed by atoms with Gasteiger partial charge in [0, 0.05) is 58.9 Å². The van der Waals surface area contributed by atoms with Gasteiger partial charge in [0.2, 0.25) is 5.91 Å². The number of carbonyl (C=O) groups excluding carboxylic acids is 1. The zero-order chi connectivity index (χ0) is 24.9. The Bertz CT molecular complexity index is 1190. The van der Waals surface area contributed by atoms with Crippen molar-refractivity contribution < 1.29 is 4.79 Å². The van der Waals surface area contributed by atoms with E-state index in [1.54, 1.807) is 4.90 Å². The molecular weight excluding hydrogens is 436 g/mol. The third-order valence-corrected chi connectivity index (χ3v) is 6.73. The minimum atomic E-state index is 0.176. The number of nitrogens with zero attached hydrogens (tertiary/aromatic N) is 6. The molecule has 0 bridgehead atoms. The summed E-state index contributed by atoms with van der Waals surface area (Å²) in [5.74, 6) is 1.26. The summed E-state index contributed by atoms with van der Waals surface area (Å²) in [7, 11) is 3.63. The third kappa shape index (κ3) is 6.16. The van der Waals surface area contributed by atoms with Crippen molar-refractivity contribution in [3.63, 3.8) is 0 Å². The van der Waals surface area contributed by atoms with Crippen LogP contribution in [0.5, 0.6) is 0 Å². The molecule has 3 aromatic rings. The van der Waals surface area contributed by atoms with Gasteiger partial charge in [-0.15, -0.1) is 0 Å². The molecular formula is C28H38N6O. The van der Waals surface area contributed by atoms with Crippen molar-refractivity contribution in [1.29, 1.82) is 0 Å². The number of amides is 1. The second-order valence-electron chi connectivity index (χ2n) is 9.73.